The SMILES string of the molecule is COc1ccc(-n2c(/C=C3/C(=O)Nc4ccccc43)nc3ccc(C)cc3c2=O)cc1. The van der Waals surface area contributed by atoms with Crippen LogP contribution in [-0.2, 0) is 4.79 Å². The van der Waals surface area contributed by atoms with E-state index in [1.54, 1.807) is 37.5 Å². The number of nitrogens with zero attached hydrogens (tertiary/aromatic N) is 2. The third-order valence-corrected chi connectivity index (χ3v) is 5.36. The zero-order valence-corrected chi connectivity index (χ0v) is 17.0. The minimum absolute atomic E-state index is 0.197. The number of para-hydroxylation sites is 1. The largest absolute Gasteiger partial charge is 0.497 e. The lowest BCUT2D eigenvalue weighted by molar-refractivity contribution is -0.110. The van der Waals surface area contributed by atoms with Crippen LogP contribution in [-0.4, -0.2) is 22.6 Å². The summed E-state index contributed by atoms with van der Waals surface area (Å²) in [6, 6.07) is 20.2. The molecule has 6 nitrogen and oxygen atoms in total. The van der Waals surface area contributed by atoms with E-state index < -0.39 is 0 Å². The molecule has 6 heteroatoms. The Morgan fingerprint density at radius 2 is 1.77 bits per heavy atom. The first-order valence-corrected chi connectivity index (χ1v) is 9.85. The summed E-state index contributed by atoms with van der Waals surface area (Å²) in [5, 5.41) is 3.38. The highest BCUT2D eigenvalue weighted by Crippen LogP contribution is 2.32. The van der Waals surface area contributed by atoms with E-state index in [9.17, 15) is 9.59 Å². The molecule has 1 aliphatic heterocycles. The molecular formula is C25H19N3O3. The van der Waals surface area contributed by atoms with Gasteiger partial charge in [-0.2, -0.15) is 0 Å². The molecule has 1 aromatic heterocycles. The number of methoxy groups -OCH3 is 1. The van der Waals surface area contributed by atoms with Crippen LogP contribution in [0, 0.1) is 6.92 Å². The molecule has 3 aromatic carbocycles. The van der Waals surface area contributed by atoms with Crippen LogP contribution in [0.25, 0.3) is 28.2 Å². The van der Waals surface area contributed by atoms with E-state index in [1.165, 1.54) is 4.57 Å². The maximum atomic E-state index is 13.5. The van der Waals surface area contributed by atoms with Crippen molar-refractivity contribution in [1.29, 1.82) is 0 Å². The summed E-state index contributed by atoms with van der Waals surface area (Å²) in [5.41, 5.74) is 4.00. The summed E-state index contributed by atoms with van der Waals surface area (Å²) in [6.45, 7) is 1.94. The molecule has 1 aliphatic rings. The van der Waals surface area contributed by atoms with Crippen molar-refractivity contribution in [3.05, 3.63) is 94.0 Å². The van der Waals surface area contributed by atoms with Crippen LogP contribution in [0.2, 0.25) is 0 Å². The first-order chi connectivity index (χ1) is 15.0. The second-order valence-corrected chi connectivity index (χ2v) is 7.39. The van der Waals surface area contributed by atoms with Crippen LogP contribution in [0.3, 0.4) is 0 Å². The number of anilines is 1. The van der Waals surface area contributed by atoms with E-state index >= 15 is 0 Å². The third-order valence-electron chi connectivity index (χ3n) is 5.36. The number of ether oxygens (including phenoxy) is 1. The molecule has 152 valence electrons. The van der Waals surface area contributed by atoms with Gasteiger partial charge < -0.3 is 10.1 Å². The fraction of sp³-hybridized carbons (Fsp3) is 0.0800. The summed E-state index contributed by atoms with van der Waals surface area (Å²) < 4.78 is 6.77. The van der Waals surface area contributed by atoms with E-state index in [0.29, 0.717) is 33.7 Å². The van der Waals surface area contributed by atoms with Gasteiger partial charge in [0.2, 0.25) is 0 Å². The molecule has 5 rings (SSSR count). The van der Waals surface area contributed by atoms with Gasteiger partial charge in [0, 0.05) is 11.3 Å². The first kappa shape index (κ1) is 18.8. The highest BCUT2D eigenvalue weighted by Gasteiger charge is 2.24. The number of amides is 1. The number of hydrogen-bond donors (Lipinski definition) is 1. The predicted octanol–water partition coefficient (Wildman–Crippen LogP) is 4.20. The average Bonchev–Trinajstić information content (AvgIpc) is 3.10. The zero-order valence-electron chi connectivity index (χ0n) is 17.0. The average molecular weight is 409 g/mol. The monoisotopic (exact) mass is 409 g/mol. The summed E-state index contributed by atoms with van der Waals surface area (Å²) in [5.74, 6) is 0.847. The van der Waals surface area contributed by atoms with Crippen molar-refractivity contribution in [2.45, 2.75) is 6.92 Å². The van der Waals surface area contributed by atoms with E-state index in [4.69, 9.17) is 9.72 Å². The highest BCUT2D eigenvalue weighted by atomic mass is 16.5. The number of fused-ring (bicyclic) bond motifs is 2. The van der Waals surface area contributed by atoms with Crippen LogP contribution in [0.4, 0.5) is 5.69 Å². The molecule has 4 aromatic rings. The van der Waals surface area contributed by atoms with E-state index in [-0.39, 0.29) is 11.5 Å². The molecule has 1 amide bonds. The van der Waals surface area contributed by atoms with Gasteiger partial charge in [-0.25, -0.2) is 4.98 Å². The van der Waals surface area contributed by atoms with Crippen molar-refractivity contribution >= 4 is 34.1 Å². The lowest BCUT2D eigenvalue weighted by atomic mass is 10.1. The number of aromatic nitrogens is 2. The lowest BCUT2D eigenvalue weighted by Crippen LogP contribution is -2.22. The Morgan fingerprint density at radius 3 is 2.55 bits per heavy atom. The molecule has 0 saturated heterocycles. The van der Waals surface area contributed by atoms with Gasteiger partial charge in [-0.3, -0.25) is 14.2 Å². The Balaban J connectivity index is 1.80. The molecule has 0 unspecified atom stereocenters. The Labute approximate surface area is 178 Å². The van der Waals surface area contributed by atoms with Crippen molar-refractivity contribution in [2.24, 2.45) is 0 Å². The van der Waals surface area contributed by atoms with Gasteiger partial charge >= 0.3 is 0 Å². The smallest absolute Gasteiger partial charge is 0.266 e. The Bertz CT molecular complexity index is 1430. The third kappa shape index (κ3) is 3.18. The van der Waals surface area contributed by atoms with Crippen molar-refractivity contribution in [3.8, 4) is 11.4 Å². The Morgan fingerprint density at radius 1 is 1.00 bits per heavy atom. The lowest BCUT2D eigenvalue weighted by Gasteiger charge is -2.13. The molecule has 0 atom stereocenters. The Kier molecular flexibility index (Phi) is 4.40. The summed E-state index contributed by atoms with van der Waals surface area (Å²) in [4.78, 5) is 30.9. The van der Waals surface area contributed by atoms with E-state index in [1.807, 2.05) is 49.4 Å². The predicted molar refractivity (Wildman–Crippen MR) is 122 cm³/mol. The van der Waals surface area contributed by atoms with Crippen LogP contribution in [0.15, 0.2) is 71.5 Å². The number of carbonyl (C=O) groups is 1. The van der Waals surface area contributed by atoms with E-state index in [0.717, 1.165) is 16.8 Å². The highest BCUT2D eigenvalue weighted by molar-refractivity contribution is 6.34. The maximum absolute atomic E-state index is 13.5. The van der Waals surface area contributed by atoms with Gasteiger partial charge in [0.15, 0.2) is 0 Å². The Hall–Kier alpha value is -4.19. The van der Waals surface area contributed by atoms with Gasteiger partial charge in [-0.05, 0) is 55.5 Å². The van der Waals surface area contributed by atoms with Crippen LogP contribution < -0.4 is 15.6 Å². The minimum Gasteiger partial charge on any atom is -0.497 e. The second-order valence-electron chi connectivity index (χ2n) is 7.39. The van der Waals surface area contributed by atoms with Gasteiger partial charge in [0.25, 0.3) is 11.5 Å². The number of carbonyl (C=O) groups excluding carboxylic acids is 1. The summed E-state index contributed by atoms with van der Waals surface area (Å²) in [6.07, 6.45) is 1.67. The van der Waals surface area contributed by atoms with Crippen molar-refractivity contribution in [2.75, 3.05) is 12.4 Å². The molecular weight excluding hydrogens is 390 g/mol. The molecule has 31 heavy (non-hydrogen) atoms. The van der Waals surface area contributed by atoms with Crippen molar-refractivity contribution < 1.29 is 9.53 Å². The van der Waals surface area contributed by atoms with Gasteiger partial charge in [-0.15, -0.1) is 0 Å². The van der Waals surface area contributed by atoms with Crippen molar-refractivity contribution in [3.63, 3.8) is 0 Å². The molecule has 0 aliphatic carbocycles. The summed E-state index contributed by atoms with van der Waals surface area (Å²) in [7, 11) is 1.59. The number of hydrogen-bond acceptors (Lipinski definition) is 4. The quantitative estimate of drug-likeness (QED) is 0.515. The van der Waals surface area contributed by atoms with Crippen LogP contribution >= 0.6 is 0 Å². The summed E-state index contributed by atoms with van der Waals surface area (Å²) >= 11 is 0. The number of aryl methyl sites for hydroxylation is 1. The normalized spacial score (nSPS) is 14.0. The standard InChI is InChI=1S/C25H19N3O3/c1-15-7-12-22-20(13-15)25(30)28(16-8-10-17(31-2)11-9-16)23(26-22)14-19-18-5-3-4-6-21(18)27-24(19)29/h3-14H,1-2H3,(H,27,29)/b19-14+. The van der Waals surface area contributed by atoms with Crippen molar-refractivity contribution in [1.82, 2.24) is 9.55 Å². The number of rotatable bonds is 3. The fourth-order valence-corrected chi connectivity index (χ4v) is 3.81. The van der Waals surface area contributed by atoms with E-state index in [2.05, 4.69) is 5.32 Å². The molecule has 0 radical (unpaired) electrons. The zero-order chi connectivity index (χ0) is 21.5. The fourth-order valence-electron chi connectivity index (χ4n) is 3.81. The number of benzene rings is 3. The molecule has 0 fully saturated rings. The second kappa shape index (κ2) is 7.25. The minimum atomic E-state index is -0.222. The molecule has 0 bridgehead atoms. The molecule has 2 heterocycles. The molecule has 1 N–H and O–H groups in total. The topological polar surface area (TPSA) is 73.2 Å². The van der Waals surface area contributed by atoms with Gasteiger partial charge in [0.1, 0.15) is 11.6 Å². The van der Waals surface area contributed by atoms with Crippen LogP contribution in [0.5, 0.6) is 5.75 Å². The van der Waals surface area contributed by atoms with Gasteiger partial charge in [0.05, 0.1) is 29.3 Å². The van der Waals surface area contributed by atoms with Crippen LogP contribution in [0.1, 0.15) is 17.0 Å². The first-order valence-electron chi connectivity index (χ1n) is 9.85. The maximum Gasteiger partial charge on any atom is 0.266 e. The number of nitrogens with one attached hydrogen (secondary N) is 1. The molecule has 0 spiro atoms. The molecule has 0 saturated carbocycles. The van der Waals surface area contributed by atoms with Gasteiger partial charge in [-0.1, -0.05) is 29.8 Å².